The first kappa shape index (κ1) is 15.8. The molecule has 0 aliphatic carbocycles. The number of ether oxygens (including phenoxy) is 1. The van der Waals surface area contributed by atoms with Crippen LogP contribution in [0.15, 0.2) is 29.2 Å². The van der Waals surface area contributed by atoms with Crippen LogP contribution < -0.4 is 10.1 Å². The van der Waals surface area contributed by atoms with Gasteiger partial charge in [0, 0.05) is 25.7 Å². The van der Waals surface area contributed by atoms with E-state index in [-0.39, 0.29) is 23.3 Å². The van der Waals surface area contributed by atoms with Crippen molar-refractivity contribution in [2.75, 3.05) is 26.7 Å². The van der Waals surface area contributed by atoms with Crippen molar-refractivity contribution in [1.82, 2.24) is 9.62 Å². The van der Waals surface area contributed by atoms with Gasteiger partial charge in [-0.15, -0.1) is 0 Å². The fraction of sp³-hybridized carbons (Fsp3) is 0.500. The molecule has 1 aliphatic rings. The minimum absolute atomic E-state index is 0.0826. The summed E-state index contributed by atoms with van der Waals surface area (Å²) in [5.74, 6) is 0.140. The van der Waals surface area contributed by atoms with Gasteiger partial charge in [-0.2, -0.15) is 4.31 Å². The monoisotopic (exact) mass is 312 g/mol. The lowest BCUT2D eigenvalue weighted by atomic mass is 10.1. The van der Waals surface area contributed by atoms with Crippen molar-refractivity contribution in [2.24, 2.45) is 5.92 Å². The lowest BCUT2D eigenvalue weighted by Gasteiger charge is -2.17. The van der Waals surface area contributed by atoms with Gasteiger partial charge in [0.1, 0.15) is 5.75 Å². The summed E-state index contributed by atoms with van der Waals surface area (Å²) in [6.45, 7) is 2.99. The fourth-order valence-corrected chi connectivity index (χ4v) is 3.93. The molecule has 1 fully saturated rings. The Morgan fingerprint density at radius 2 is 2.24 bits per heavy atom. The van der Waals surface area contributed by atoms with E-state index in [4.69, 9.17) is 4.74 Å². The molecule has 1 aromatic carbocycles. The third-order valence-electron chi connectivity index (χ3n) is 3.55. The van der Waals surface area contributed by atoms with Gasteiger partial charge in [-0.25, -0.2) is 8.42 Å². The summed E-state index contributed by atoms with van der Waals surface area (Å²) in [6.07, 6.45) is 0.551. The zero-order chi connectivity index (χ0) is 15.5. The van der Waals surface area contributed by atoms with Crippen LogP contribution >= 0.6 is 0 Å². The predicted molar refractivity (Wildman–Crippen MR) is 78.5 cm³/mol. The quantitative estimate of drug-likeness (QED) is 0.874. The number of carbonyl (C=O) groups is 1. The van der Waals surface area contributed by atoms with Gasteiger partial charge in [0.15, 0.2) is 0 Å². The molecular weight excluding hydrogens is 292 g/mol. The third-order valence-corrected chi connectivity index (χ3v) is 5.41. The molecule has 116 valence electrons. The normalized spacial score (nSPS) is 19.4. The van der Waals surface area contributed by atoms with Crippen LogP contribution in [0.5, 0.6) is 5.75 Å². The Kier molecular flexibility index (Phi) is 4.84. The Labute approximate surface area is 125 Å². The summed E-state index contributed by atoms with van der Waals surface area (Å²) in [6, 6.07) is 6.37. The molecule has 1 unspecified atom stereocenters. The molecule has 1 aromatic rings. The number of nitrogens with one attached hydrogen (secondary N) is 1. The van der Waals surface area contributed by atoms with Crippen molar-refractivity contribution in [3.05, 3.63) is 24.3 Å². The standard InChI is InChI=1S/C14H20N2O4S/c1-3-15-14(17)11-7-8-16(10-11)21(18,19)13-6-4-5-12(9-13)20-2/h4-6,9,11H,3,7-8,10H2,1-2H3,(H,15,17). The SMILES string of the molecule is CCNC(=O)C1CCN(S(=O)(=O)c2cccc(OC)c2)C1. The molecule has 0 bridgehead atoms. The average molecular weight is 312 g/mol. The molecule has 2 rings (SSSR count). The molecule has 0 aromatic heterocycles. The van der Waals surface area contributed by atoms with Gasteiger partial charge < -0.3 is 10.1 Å². The van der Waals surface area contributed by atoms with Crippen molar-refractivity contribution >= 4 is 15.9 Å². The van der Waals surface area contributed by atoms with E-state index < -0.39 is 10.0 Å². The average Bonchev–Trinajstić information content (AvgIpc) is 2.98. The van der Waals surface area contributed by atoms with Crippen LogP contribution in [0.1, 0.15) is 13.3 Å². The van der Waals surface area contributed by atoms with Crippen LogP contribution in [0.4, 0.5) is 0 Å². The predicted octanol–water partition coefficient (Wildman–Crippen LogP) is 0.842. The van der Waals surface area contributed by atoms with E-state index in [0.717, 1.165) is 0 Å². The number of sulfonamides is 1. The second kappa shape index (κ2) is 6.44. The van der Waals surface area contributed by atoms with Gasteiger partial charge >= 0.3 is 0 Å². The highest BCUT2D eigenvalue weighted by molar-refractivity contribution is 7.89. The zero-order valence-electron chi connectivity index (χ0n) is 12.2. The molecule has 1 heterocycles. The van der Waals surface area contributed by atoms with E-state index in [2.05, 4.69) is 5.32 Å². The highest BCUT2D eigenvalue weighted by Gasteiger charge is 2.35. The lowest BCUT2D eigenvalue weighted by molar-refractivity contribution is -0.124. The smallest absolute Gasteiger partial charge is 0.243 e. The first-order valence-corrected chi connectivity index (χ1v) is 8.35. The second-order valence-electron chi connectivity index (χ2n) is 4.92. The lowest BCUT2D eigenvalue weighted by Crippen LogP contribution is -2.34. The molecule has 1 amide bonds. The Bertz CT molecular complexity index is 615. The van der Waals surface area contributed by atoms with E-state index in [1.165, 1.54) is 23.5 Å². The van der Waals surface area contributed by atoms with Gasteiger partial charge in [0.25, 0.3) is 0 Å². The Hall–Kier alpha value is -1.60. The number of rotatable bonds is 5. The summed E-state index contributed by atoms with van der Waals surface area (Å²) in [5.41, 5.74) is 0. The maximum atomic E-state index is 12.6. The number of hydrogen-bond acceptors (Lipinski definition) is 4. The number of amides is 1. The van der Waals surface area contributed by atoms with Crippen LogP contribution in [0.2, 0.25) is 0 Å². The minimum atomic E-state index is -3.58. The maximum Gasteiger partial charge on any atom is 0.243 e. The van der Waals surface area contributed by atoms with Gasteiger partial charge in [0.2, 0.25) is 15.9 Å². The summed E-state index contributed by atoms with van der Waals surface area (Å²) < 4.78 is 31.6. The van der Waals surface area contributed by atoms with Gasteiger partial charge in [0.05, 0.1) is 17.9 Å². The van der Waals surface area contributed by atoms with E-state index in [9.17, 15) is 13.2 Å². The Balaban J connectivity index is 2.16. The Morgan fingerprint density at radius 3 is 2.90 bits per heavy atom. The number of hydrogen-bond donors (Lipinski definition) is 1. The molecule has 1 N–H and O–H groups in total. The van der Waals surface area contributed by atoms with Crippen molar-refractivity contribution in [3.8, 4) is 5.75 Å². The topological polar surface area (TPSA) is 75.7 Å². The molecule has 0 spiro atoms. The van der Waals surface area contributed by atoms with Crippen molar-refractivity contribution in [2.45, 2.75) is 18.2 Å². The summed E-state index contributed by atoms with van der Waals surface area (Å²) in [5, 5.41) is 2.74. The van der Waals surface area contributed by atoms with E-state index in [1.54, 1.807) is 12.1 Å². The van der Waals surface area contributed by atoms with Crippen molar-refractivity contribution < 1.29 is 17.9 Å². The highest BCUT2D eigenvalue weighted by atomic mass is 32.2. The fourth-order valence-electron chi connectivity index (χ4n) is 2.39. The molecule has 1 atom stereocenters. The van der Waals surface area contributed by atoms with Crippen LogP contribution in [0.3, 0.4) is 0 Å². The third kappa shape index (κ3) is 3.36. The molecule has 7 heteroatoms. The molecule has 6 nitrogen and oxygen atoms in total. The molecular formula is C14H20N2O4S. The number of nitrogens with zero attached hydrogens (tertiary/aromatic N) is 1. The van der Waals surface area contributed by atoms with Crippen LogP contribution in [0, 0.1) is 5.92 Å². The Morgan fingerprint density at radius 1 is 1.48 bits per heavy atom. The van der Waals surface area contributed by atoms with Gasteiger partial charge in [-0.3, -0.25) is 4.79 Å². The van der Waals surface area contributed by atoms with E-state index in [1.807, 2.05) is 6.92 Å². The second-order valence-corrected chi connectivity index (χ2v) is 6.86. The first-order valence-electron chi connectivity index (χ1n) is 6.91. The number of benzene rings is 1. The molecule has 1 aliphatic heterocycles. The van der Waals surface area contributed by atoms with Crippen molar-refractivity contribution in [1.29, 1.82) is 0 Å². The summed E-state index contributed by atoms with van der Waals surface area (Å²) in [7, 11) is -2.09. The largest absolute Gasteiger partial charge is 0.497 e. The molecule has 21 heavy (non-hydrogen) atoms. The maximum absolute atomic E-state index is 12.6. The van der Waals surface area contributed by atoms with Crippen molar-refractivity contribution in [3.63, 3.8) is 0 Å². The van der Waals surface area contributed by atoms with Gasteiger partial charge in [-0.1, -0.05) is 6.07 Å². The van der Waals surface area contributed by atoms with E-state index in [0.29, 0.717) is 25.3 Å². The van der Waals surface area contributed by atoms with Crippen LogP contribution in [-0.2, 0) is 14.8 Å². The molecule has 0 saturated carbocycles. The highest BCUT2D eigenvalue weighted by Crippen LogP contribution is 2.26. The molecule has 1 saturated heterocycles. The van der Waals surface area contributed by atoms with E-state index >= 15 is 0 Å². The number of carbonyl (C=O) groups excluding carboxylic acids is 1. The van der Waals surface area contributed by atoms with Gasteiger partial charge in [-0.05, 0) is 25.5 Å². The van der Waals surface area contributed by atoms with Crippen LogP contribution in [-0.4, -0.2) is 45.4 Å². The molecule has 0 radical (unpaired) electrons. The summed E-state index contributed by atoms with van der Waals surface area (Å²) >= 11 is 0. The minimum Gasteiger partial charge on any atom is -0.497 e. The summed E-state index contributed by atoms with van der Waals surface area (Å²) in [4.78, 5) is 12.0. The first-order chi connectivity index (χ1) is 9.98. The number of methoxy groups -OCH3 is 1. The zero-order valence-corrected chi connectivity index (χ0v) is 13.0. The van der Waals surface area contributed by atoms with Crippen LogP contribution in [0.25, 0.3) is 0 Å².